The number of rotatable bonds is 4. The highest BCUT2D eigenvalue weighted by Crippen LogP contribution is 2.25. The normalized spacial score (nSPS) is 25.6. The van der Waals surface area contributed by atoms with E-state index in [2.05, 4.69) is 24.1 Å². The predicted molar refractivity (Wildman–Crippen MR) is 74.4 cm³/mol. The van der Waals surface area contributed by atoms with Gasteiger partial charge in [0.2, 0.25) is 5.91 Å². The number of hydrogen-bond acceptors (Lipinski definition) is 2. The summed E-state index contributed by atoms with van der Waals surface area (Å²) in [5, 5.41) is 3.40. The van der Waals surface area contributed by atoms with Crippen molar-refractivity contribution in [1.82, 2.24) is 10.2 Å². The third-order valence-electron chi connectivity index (χ3n) is 4.22. The van der Waals surface area contributed by atoms with E-state index in [0.29, 0.717) is 17.9 Å². The molecule has 0 radical (unpaired) electrons. The first-order chi connectivity index (χ1) is 8.68. The van der Waals surface area contributed by atoms with Crippen molar-refractivity contribution < 1.29 is 4.79 Å². The van der Waals surface area contributed by atoms with E-state index in [4.69, 9.17) is 0 Å². The molecule has 1 saturated heterocycles. The van der Waals surface area contributed by atoms with Gasteiger partial charge in [-0.15, -0.1) is 0 Å². The number of carbonyl (C=O) groups excluding carboxylic acids is 1. The molecule has 2 rings (SSSR count). The average Bonchev–Trinajstić information content (AvgIpc) is 2.89. The molecule has 2 fully saturated rings. The molecule has 2 aliphatic rings. The first kappa shape index (κ1) is 13.9. The maximum absolute atomic E-state index is 12.7. The van der Waals surface area contributed by atoms with E-state index in [9.17, 15) is 4.79 Å². The van der Waals surface area contributed by atoms with Crippen LogP contribution in [-0.4, -0.2) is 36.0 Å². The Labute approximate surface area is 111 Å². The number of piperidine rings is 1. The number of nitrogens with zero attached hydrogens (tertiary/aromatic N) is 1. The lowest BCUT2D eigenvalue weighted by Crippen LogP contribution is -2.52. The van der Waals surface area contributed by atoms with Crippen LogP contribution in [0.2, 0.25) is 0 Å². The van der Waals surface area contributed by atoms with E-state index in [1.165, 1.54) is 38.5 Å². The molecule has 0 unspecified atom stereocenters. The minimum Gasteiger partial charge on any atom is -0.338 e. The first-order valence-corrected chi connectivity index (χ1v) is 7.72. The maximum Gasteiger partial charge on any atom is 0.239 e. The molecule has 0 aromatic rings. The fourth-order valence-corrected chi connectivity index (χ4v) is 3.29. The Morgan fingerprint density at radius 3 is 2.39 bits per heavy atom. The van der Waals surface area contributed by atoms with E-state index in [1.807, 2.05) is 0 Å². The molecule has 1 aliphatic heterocycles. The monoisotopic (exact) mass is 252 g/mol. The highest BCUT2D eigenvalue weighted by molar-refractivity contribution is 5.82. The first-order valence-electron chi connectivity index (χ1n) is 7.72. The molecule has 104 valence electrons. The Hall–Kier alpha value is -0.570. The fraction of sp³-hybridized carbons (Fsp3) is 0.933. The fourth-order valence-electron chi connectivity index (χ4n) is 3.29. The van der Waals surface area contributed by atoms with Gasteiger partial charge < -0.3 is 10.2 Å². The van der Waals surface area contributed by atoms with E-state index >= 15 is 0 Å². The molecule has 1 heterocycles. The molecule has 0 spiro atoms. The zero-order valence-corrected chi connectivity index (χ0v) is 12.0. The molecule has 0 bridgehead atoms. The van der Waals surface area contributed by atoms with E-state index < -0.39 is 0 Å². The van der Waals surface area contributed by atoms with Crippen LogP contribution in [0.15, 0.2) is 0 Å². The summed E-state index contributed by atoms with van der Waals surface area (Å²) in [5.74, 6) is 0.938. The number of nitrogens with one attached hydrogen (secondary N) is 1. The summed E-state index contributed by atoms with van der Waals surface area (Å²) >= 11 is 0. The SMILES string of the molecule is CC(C)CN(C(=O)[C@@H]1CCCCN1)C1CCCC1. The number of amides is 1. The molecule has 18 heavy (non-hydrogen) atoms. The van der Waals surface area contributed by atoms with Crippen LogP contribution in [0.3, 0.4) is 0 Å². The Bertz CT molecular complexity index is 266. The lowest BCUT2D eigenvalue weighted by molar-refractivity contribution is -0.137. The van der Waals surface area contributed by atoms with Gasteiger partial charge in [-0.1, -0.05) is 33.1 Å². The van der Waals surface area contributed by atoms with Crippen LogP contribution in [0.5, 0.6) is 0 Å². The largest absolute Gasteiger partial charge is 0.338 e. The topological polar surface area (TPSA) is 32.3 Å². The zero-order valence-electron chi connectivity index (χ0n) is 12.0. The quantitative estimate of drug-likeness (QED) is 0.834. The Balaban J connectivity index is 1.99. The van der Waals surface area contributed by atoms with Crippen LogP contribution >= 0.6 is 0 Å². The number of hydrogen-bond donors (Lipinski definition) is 1. The van der Waals surface area contributed by atoms with Gasteiger partial charge in [-0.25, -0.2) is 0 Å². The highest BCUT2D eigenvalue weighted by atomic mass is 16.2. The molecular weight excluding hydrogens is 224 g/mol. The van der Waals surface area contributed by atoms with Gasteiger partial charge in [0, 0.05) is 12.6 Å². The molecule has 1 atom stereocenters. The summed E-state index contributed by atoms with van der Waals surface area (Å²) in [6, 6.07) is 0.613. The van der Waals surface area contributed by atoms with Crippen LogP contribution in [0.1, 0.15) is 58.8 Å². The summed E-state index contributed by atoms with van der Waals surface area (Å²) in [4.78, 5) is 14.9. The Morgan fingerprint density at radius 2 is 1.83 bits per heavy atom. The van der Waals surface area contributed by atoms with Crippen molar-refractivity contribution >= 4 is 5.91 Å². The second-order valence-electron chi connectivity index (χ2n) is 6.33. The molecule has 3 nitrogen and oxygen atoms in total. The van der Waals surface area contributed by atoms with E-state index in [1.54, 1.807) is 0 Å². The van der Waals surface area contributed by atoms with Crippen LogP contribution in [0, 0.1) is 5.92 Å². The van der Waals surface area contributed by atoms with Crippen LogP contribution < -0.4 is 5.32 Å². The van der Waals surface area contributed by atoms with Crippen LogP contribution in [0.25, 0.3) is 0 Å². The summed E-state index contributed by atoms with van der Waals surface area (Å²) in [5.41, 5.74) is 0. The summed E-state index contributed by atoms with van der Waals surface area (Å²) in [7, 11) is 0. The minimum atomic E-state index is 0.0955. The third kappa shape index (κ3) is 3.47. The van der Waals surface area contributed by atoms with E-state index in [-0.39, 0.29) is 6.04 Å². The standard InChI is InChI=1S/C15H28N2O/c1-12(2)11-17(13-7-3-4-8-13)15(18)14-9-5-6-10-16-14/h12-14,16H,3-11H2,1-2H3/t14-/m0/s1. The average molecular weight is 252 g/mol. The molecule has 1 N–H and O–H groups in total. The molecule has 3 heteroatoms. The van der Waals surface area contributed by atoms with Gasteiger partial charge in [0.25, 0.3) is 0 Å². The van der Waals surface area contributed by atoms with Gasteiger partial charge in [-0.3, -0.25) is 4.79 Å². The molecule has 0 aromatic carbocycles. The number of carbonyl (C=O) groups is 1. The summed E-state index contributed by atoms with van der Waals surface area (Å²) in [6.45, 7) is 6.37. The van der Waals surface area contributed by atoms with Crippen molar-refractivity contribution in [3.8, 4) is 0 Å². The van der Waals surface area contributed by atoms with Gasteiger partial charge in [0.1, 0.15) is 0 Å². The van der Waals surface area contributed by atoms with Crippen molar-refractivity contribution in [2.24, 2.45) is 5.92 Å². The van der Waals surface area contributed by atoms with Crippen LogP contribution in [-0.2, 0) is 4.79 Å². The summed E-state index contributed by atoms with van der Waals surface area (Å²) in [6.07, 6.45) is 8.47. The minimum absolute atomic E-state index is 0.0955. The van der Waals surface area contributed by atoms with Crippen molar-refractivity contribution in [2.75, 3.05) is 13.1 Å². The van der Waals surface area contributed by atoms with Gasteiger partial charge in [0.15, 0.2) is 0 Å². The lowest BCUT2D eigenvalue weighted by Gasteiger charge is -2.35. The van der Waals surface area contributed by atoms with Gasteiger partial charge in [0.05, 0.1) is 6.04 Å². The van der Waals surface area contributed by atoms with Crippen molar-refractivity contribution in [3.63, 3.8) is 0 Å². The molecule has 1 saturated carbocycles. The summed E-state index contributed by atoms with van der Waals surface area (Å²) < 4.78 is 0. The predicted octanol–water partition coefficient (Wildman–Crippen LogP) is 2.56. The lowest BCUT2D eigenvalue weighted by atomic mass is 10.0. The molecule has 1 amide bonds. The van der Waals surface area contributed by atoms with Crippen LogP contribution in [0.4, 0.5) is 0 Å². The maximum atomic E-state index is 12.7. The van der Waals surface area contributed by atoms with Crippen molar-refractivity contribution in [1.29, 1.82) is 0 Å². The van der Waals surface area contributed by atoms with Gasteiger partial charge in [-0.2, -0.15) is 0 Å². The molecule has 0 aromatic heterocycles. The highest BCUT2D eigenvalue weighted by Gasteiger charge is 2.32. The second kappa shape index (κ2) is 6.55. The third-order valence-corrected chi connectivity index (χ3v) is 4.22. The van der Waals surface area contributed by atoms with Gasteiger partial charge >= 0.3 is 0 Å². The Morgan fingerprint density at radius 1 is 1.17 bits per heavy atom. The molecular formula is C15H28N2O. The van der Waals surface area contributed by atoms with Crippen molar-refractivity contribution in [2.45, 2.75) is 70.9 Å². The zero-order chi connectivity index (χ0) is 13.0. The second-order valence-corrected chi connectivity index (χ2v) is 6.33. The Kier molecular flexibility index (Phi) is 5.04. The molecule has 1 aliphatic carbocycles. The smallest absolute Gasteiger partial charge is 0.239 e. The van der Waals surface area contributed by atoms with Gasteiger partial charge in [-0.05, 0) is 38.1 Å². The van der Waals surface area contributed by atoms with E-state index in [0.717, 1.165) is 19.5 Å². The van der Waals surface area contributed by atoms with Crippen molar-refractivity contribution in [3.05, 3.63) is 0 Å².